The summed E-state index contributed by atoms with van der Waals surface area (Å²) < 4.78 is 10.7. The lowest BCUT2D eigenvalue weighted by Gasteiger charge is -2.27. The number of rotatable bonds is 9. The molecule has 0 atom stereocenters. The second-order valence-electron chi connectivity index (χ2n) is 7.18. The van der Waals surface area contributed by atoms with E-state index in [1.54, 1.807) is 7.11 Å². The van der Waals surface area contributed by atoms with Crippen LogP contribution < -0.4 is 5.32 Å². The fourth-order valence-corrected chi connectivity index (χ4v) is 3.21. The van der Waals surface area contributed by atoms with Crippen LogP contribution in [0.1, 0.15) is 45.4 Å². The fourth-order valence-electron chi connectivity index (χ4n) is 3.21. The Morgan fingerprint density at radius 2 is 2.04 bits per heavy atom. The van der Waals surface area contributed by atoms with Crippen LogP contribution in [-0.2, 0) is 9.47 Å². The number of hydrogen-bond donors (Lipinski definition) is 1. The van der Waals surface area contributed by atoms with Gasteiger partial charge in [-0.3, -0.25) is 4.99 Å². The van der Waals surface area contributed by atoms with Crippen LogP contribution in [0.2, 0.25) is 0 Å². The van der Waals surface area contributed by atoms with Gasteiger partial charge in [0.2, 0.25) is 0 Å². The van der Waals surface area contributed by atoms with Crippen LogP contribution in [0.3, 0.4) is 0 Å². The second-order valence-corrected chi connectivity index (χ2v) is 7.18. The fraction of sp³-hybridized carbons (Fsp3) is 0.944. The standard InChI is InChI=1S/C18H35N3O2.HI/c1-4-19-17(20-15-18(8-9-18)10-14-22-3)21(2)11-5-16-6-12-23-13-7-16;/h16H,4-15H2,1-3H3,(H,19,20);1H. The lowest BCUT2D eigenvalue weighted by molar-refractivity contribution is 0.0625. The average molecular weight is 453 g/mol. The third kappa shape index (κ3) is 7.44. The Balaban J connectivity index is 0.00000288. The van der Waals surface area contributed by atoms with Crippen molar-refractivity contribution in [3.63, 3.8) is 0 Å². The predicted molar refractivity (Wildman–Crippen MR) is 110 cm³/mol. The molecule has 0 amide bonds. The van der Waals surface area contributed by atoms with Gasteiger partial charge in [0.05, 0.1) is 0 Å². The maximum atomic E-state index is 5.45. The summed E-state index contributed by atoms with van der Waals surface area (Å²) in [5.41, 5.74) is 0.415. The van der Waals surface area contributed by atoms with Crippen molar-refractivity contribution < 1.29 is 9.47 Å². The molecular formula is C18H36IN3O2. The molecule has 6 heteroatoms. The minimum Gasteiger partial charge on any atom is -0.385 e. The monoisotopic (exact) mass is 453 g/mol. The Morgan fingerprint density at radius 3 is 2.62 bits per heavy atom. The van der Waals surface area contributed by atoms with E-state index >= 15 is 0 Å². The Hall–Kier alpha value is -0.0800. The molecule has 2 aliphatic rings. The molecule has 0 aromatic heterocycles. The number of aliphatic imine (C=N–C) groups is 1. The van der Waals surface area contributed by atoms with Gasteiger partial charge in [0.25, 0.3) is 0 Å². The normalized spacial score (nSPS) is 20.4. The van der Waals surface area contributed by atoms with Gasteiger partial charge in [-0.25, -0.2) is 0 Å². The van der Waals surface area contributed by atoms with Gasteiger partial charge in [-0.2, -0.15) is 0 Å². The summed E-state index contributed by atoms with van der Waals surface area (Å²) in [6.45, 7) is 7.79. The van der Waals surface area contributed by atoms with E-state index in [1.807, 2.05) is 0 Å². The SMILES string of the molecule is CCNC(=NCC1(CCOC)CC1)N(C)CCC1CCOCC1.I. The topological polar surface area (TPSA) is 46.1 Å². The molecular weight excluding hydrogens is 417 g/mol. The minimum absolute atomic E-state index is 0. The molecule has 0 bridgehead atoms. The number of guanidine groups is 1. The third-order valence-electron chi connectivity index (χ3n) is 5.27. The molecule has 0 aromatic rings. The van der Waals surface area contributed by atoms with Crippen molar-refractivity contribution in [1.29, 1.82) is 0 Å². The first-order valence-corrected chi connectivity index (χ1v) is 9.25. The number of nitrogens with zero attached hydrogens (tertiary/aromatic N) is 2. The molecule has 5 nitrogen and oxygen atoms in total. The lowest BCUT2D eigenvalue weighted by atomic mass is 9.96. The Morgan fingerprint density at radius 1 is 1.33 bits per heavy atom. The molecule has 2 rings (SSSR count). The zero-order valence-electron chi connectivity index (χ0n) is 15.7. The van der Waals surface area contributed by atoms with Crippen molar-refractivity contribution in [3.8, 4) is 0 Å². The van der Waals surface area contributed by atoms with Gasteiger partial charge in [0.15, 0.2) is 5.96 Å². The van der Waals surface area contributed by atoms with Gasteiger partial charge in [-0.05, 0) is 56.8 Å². The van der Waals surface area contributed by atoms with E-state index in [-0.39, 0.29) is 24.0 Å². The summed E-state index contributed by atoms with van der Waals surface area (Å²) in [7, 11) is 3.95. The molecule has 1 heterocycles. The molecule has 1 aliphatic carbocycles. The number of nitrogens with one attached hydrogen (secondary N) is 1. The van der Waals surface area contributed by atoms with Gasteiger partial charge >= 0.3 is 0 Å². The molecule has 1 saturated heterocycles. The molecule has 2 fully saturated rings. The zero-order valence-corrected chi connectivity index (χ0v) is 18.0. The van der Waals surface area contributed by atoms with E-state index < -0.39 is 0 Å². The van der Waals surface area contributed by atoms with E-state index in [2.05, 4.69) is 24.2 Å². The minimum atomic E-state index is 0. The van der Waals surface area contributed by atoms with E-state index in [0.717, 1.165) is 57.8 Å². The smallest absolute Gasteiger partial charge is 0.193 e. The molecule has 0 spiro atoms. The van der Waals surface area contributed by atoms with Crippen LogP contribution in [0.5, 0.6) is 0 Å². The molecule has 0 radical (unpaired) electrons. The summed E-state index contributed by atoms with van der Waals surface area (Å²) in [5, 5.41) is 3.45. The van der Waals surface area contributed by atoms with Crippen molar-refractivity contribution in [2.75, 3.05) is 53.6 Å². The van der Waals surface area contributed by atoms with Crippen LogP contribution in [0.4, 0.5) is 0 Å². The first-order valence-electron chi connectivity index (χ1n) is 9.25. The maximum absolute atomic E-state index is 5.45. The number of methoxy groups -OCH3 is 1. The highest BCUT2D eigenvalue weighted by atomic mass is 127. The van der Waals surface area contributed by atoms with Crippen LogP contribution in [0.25, 0.3) is 0 Å². The third-order valence-corrected chi connectivity index (χ3v) is 5.27. The molecule has 1 saturated carbocycles. The van der Waals surface area contributed by atoms with E-state index in [4.69, 9.17) is 14.5 Å². The van der Waals surface area contributed by atoms with Crippen LogP contribution in [0, 0.1) is 11.3 Å². The summed E-state index contributed by atoms with van der Waals surface area (Å²) >= 11 is 0. The van der Waals surface area contributed by atoms with Crippen molar-refractivity contribution in [3.05, 3.63) is 0 Å². The highest BCUT2D eigenvalue weighted by molar-refractivity contribution is 14.0. The van der Waals surface area contributed by atoms with Gasteiger partial charge in [-0.15, -0.1) is 24.0 Å². The van der Waals surface area contributed by atoms with Crippen LogP contribution in [-0.4, -0.2) is 64.5 Å². The number of ether oxygens (including phenoxy) is 2. The van der Waals surface area contributed by atoms with Crippen molar-refractivity contribution in [1.82, 2.24) is 10.2 Å². The number of halogens is 1. The lowest BCUT2D eigenvalue weighted by Crippen LogP contribution is -2.40. The van der Waals surface area contributed by atoms with Crippen molar-refractivity contribution in [2.45, 2.75) is 45.4 Å². The zero-order chi connectivity index (χ0) is 16.5. The second kappa shape index (κ2) is 11.5. The van der Waals surface area contributed by atoms with E-state index in [9.17, 15) is 0 Å². The first-order chi connectivity index (χ1) is 11.2. The summed E-state index contributed by atoms with van der Waals surface area (Å²) in [5.74, 6) is 1.87. The summed E-state index contributed by atoms with van der Waals surface area (Å²) in [6.07, 6.45) is 7.39. The molecule has 24 heavy (non-hydrogen) atoms. The van der Waals surface area contributed by atoms with Crippen molar-refractivity contribution in [2.24, 2.45) is 16.3 Å². The van der Waals surface area contributed by atoms with E-state index in [1.165, 1.54) is 32.1 Å². The Labute approximate surface area is 165 Å². The van der Waals surface area contributed by atoms with Crippen LogP contribution >= 0.6 is 24.0 Å². The highest BCUT2D eigenvalue weighted by Crippen LogP contribution is 2.49. The van der Waals surface area contributed by atoms with Gasteiger partial charge < -0.3 is 19.7 Å². The first kappa shape index (κ1) is 22.0. The molecule has 1 aliphatic heterocycles. The van der Waals surface area contributed by atoms with Gasteiger partial charge in [0.1, 0.15) is 0 Å². The highest BCUT2D eigenvalue weighted by Gasteiger charge is 2.41. The largest absolute Gasteiger partial charge is 0.385 e. The van der Waals surface area contributed by atoms with Gasteiger partial charge in [0, 0.05) is 53.6 Å². The Kier molecular flexibility index (Phi) is 10.5. The number of hydrogen-bond acceptors (Lipinski definition) is 3. The van der Waals surface area contributed by atoms with Crippen molar-refractivity contribution >= 4 is 29.9 Å². The quantitative estimate of drug-likeness (QED) is 0.331. The van der Waals surface area contributed by atoms with Crippen LogP contribution in [0.15, 0.2) is 4.99 Å². The maximum Gasteiger partial charge on any atom is 0.193 e. The molecule has 0 unspecified atom stereocenters. The summed E-state index contributed by atoms with van der Waals surface area (Å²) in [4.78, 5) is 7.21. The summed E-state index contributed by atoms with van der Waals surface area (Å²) in [6, 6.07) is 0. The molecule has 0 aromatic carbocycles. The Bertz CT molecular complexity index is 369. The molecule has 142 valence electrons. The molecule has 1 N–H and O–H groups in total. The average Bonchev–Trinajstić information content (AvgIpc) is 3.36. The predicted octanol–water partition coefficient (Wildman–Crippen LogP) is 3.14. The van der Waals surface area contributed by atoms with Gasteiger partial charge in [-0.1, -0.05) is 0 Å². The van der Waals surface area contributed by atoms with E-state index in [0.29, 0.717) is 5.41 Å².